The van der Waals surface area contributed by atoms with Crippen LogP contribution in [0.1, 0.15) is 19.4 Å². The van der Waals surface area contributed by atoms with Gasteiger partial charge in [-0.1, -0.05) is 24.3 Å². The van der Waals surface area contributed by atoms with Gasteiger partial charge in [-0.25, -0.2) is 0 Å². The van der Waals surface area contributed by atoms with E-state index in [1.54, 1.807) is 0 Å². The van der Waals surface area contributed by atoms with Crippen molar-refractivity contribution >= 4 is 0 Å². The van der Waals surface area contributed by atoms with Crippen LogP contribution in [0.3, 0.4) is 0 Å². The Balaban J connectivity index is 2.66. The second-order valence-corrected chi connectivity index (χ2v) is 3.40. The molecule has 0 atom stereocenters. The first-order valence-electron chi connectivity index (χ1n) is 3.75. The molecule has 0 heterocycles. The molecule has 1 heteroatoms. The summed E-state index contributed by atoms with van der Waals surface area (Å²) in [6.45, 7) is 3.62. The van der Waals surface area contributed by atoms with Crippen LogP contribution in [-0.2, 0) is 6.42 Å². The smallest absolute Gasteiger partial charge is 0.0631 e. The number of aliphatic hydroxyl groups is 1. The predicted molar refractivity (Wildman–Crippen MR) is 45.3 cm³/mol. The fourth-order valence-electron chi connectivity index (χ4n) is 1.04. The van der Waals surface area contributed by atoms with E-state index in [1.165, 1.54) is 0 Å². The van der Waals surface area contributed by atoms with E-state index in [0.717, 1.165) is 5.56 Å². The van der Waals surface area contributed by atoms with Crippen molar-refractivity contribution in [3.63, 3.8) is 0 Å². The molecule has 0 aliphatic rings. The molecule has 1 aromatic rings. The minimum absolute atomic E-state index is 0.610. The molecule has 0 spiro atoms. The summed E-state index contributed by atoms with van der Waals surface area (Å²) >= 11 is 0. The normalized spacial score (nSPS) is 11.5. The van der Waals surface area contributed by atoms with Crippen LogP contribution in [0.2, 0.25) is 0 Å². The lowest BCUT2D eigenvalue weighted by Crippen LogP contribution is -2.21. The van der Waals surface area contributed by atoms with E-state index in [9.17, 15) is 5.11 Å². The summed E-state index contributed by atoms with van der Waals surface area (Å²) in [4.78, 5) is 0. The molecular formula is C10H13O. The zero-order chi connectivity index (χ0) is 8.32. The molecule has 0 fully saturated rings. The van der Waals surface area contributed by atoms with Crippen molar-refractivity contribution in [2.45, 2.75) is 25.9 Å². The molecule has 11 heavy (non-hydrogen) atoms. The summed E-state index contributed by atoms with van der Waals surface area (Å²) in [7, 11) is 0. The molecule has 0 aliphatic carbocycles. The molecular weight excluding hydrogens is 136 g/mol. The Bertz CT molecular complexity index is 208. The standard InChI is InChI=1S/C10H13O/c1-10(2,11)8-9-6-4-3-5-7-9/h4-7,11H,8H2,1-2H3. The van der Waals surface area contributed by atoms with E-state index in [2.05, 4.69) is 6.07 Å². The van der Waals surface area contributed by atoms with Crippen LogP contribution < -0.4 is 0 Å². The first-order chi connectivity index (χ1) is 5.08. The number of hydrogen-bond acceptors (Lipinski definition) is 1. The fourth-order valence-corrected chi connectivity index (χ4v) is 1.04. The van der Waals surface area contributed by atoms with Crippen LogP contribution in [-0.4, -0.2) is 10.7 Å². The van der Waals surface area contributed by atoms with E-state index in [1.807, 2.05) is 38.1 Å². The molecule has 0 aliphatic heterocycles. The van der Waals surface area contributed by atoms with E-state index in [-0.39, 0.29) is 0 Å². The second kappa shape index (κ2) is 3.05. The van der Waals surface area contributed by atoms with Crippen molar-refractivity contribution in [2.24, 2.45) is 0 Å². The molecule has 1 N–H and O–H groups in total. The quantitative estimate of drug-likeness (QED) is 0.679. The largest absolute Gasteiger partial charge is 0.390 e. The molecule has 1 rings (SSSR count). The number of benzene rings is 1. The first-order valence-corrected chi connectivity index (χ1v) is 3.75. The Kier molecular flexibility index (Phi) is 2.30. The highest BCUT2D eigenvalue weighted by Crippen LogP contribution is 2.10. The van der Waals surface area contributed by atoms with E-state index < -0.39 is 5.60 Å². The summed E-state index contributed by atoms with van der Waals surface area (Å²) in [5, 5.41) is 9.46. The van der Waals surface area contributed by atoms with Gasteiger partial charge in [0.15, 0.2) is 0 Å². The number of hydrogen-bond donors (Lipinski definition) is 1. The number of rotatable bonds is 2. The predicted octanol–water partition coefficient (Wildman–Crippen LogP) is 1.80. The third-order valence-corrected chi connectivity index (χ3v) is 1.42. The summed E-state index contributed by atoms with van der Waals surface area (Å²) in [6.07, 6.45) is 0.696. The molecule has 1 nitrogen and oxygen atoms in total. The van der Waals surface area contributed by atoms with E-state index >= 15 is 0 Å². The summed E-state index contributed by atoms with van der Waals surface area (Å²) in [5.74, 6) is 0. The molecule has 59 valence electrons. The van der Waals surface area contributed by atoms with Crippen molar-refractivity contribution in [3.05, 3.63) is 35.9 Å². The minimum atomic E-state index is -0.610. The van der Waals surface area contributed by atoms with Gasteiger partial charge < -0.3 is 5.11 Å². The molecule has 1 radical (unpaired) electrons. The Morgan fingerprint density at radius 1 is 1.36 bits per heavy atom. The Morgan fingerprint density at radius 2 is 1.91 bits per heavy atom. The summed E-state index contributed by atoms with van der Waals surface area (Å²) in [6, 6.07) is 10.6. The average molecular weight is 149 g/mol. The van der Waals surface area contributed by atoms with Gasteiger partial charge >= 0.3 is 0 Å². The van der Waals surface area contributed by atoms with Crippen molar-refractivity contribution in [3.8, 4) is 0 Å². The van der Waals surface area contributed by atoms with Crippen LogP contribution >= 0.6 is 0 Å². The maximum absolute atomic E-state index is 9.46. The molecule has 1 aromatic carbocycles. The van der Waals surface area contributed by atoms with Crippen molar-refractivity contribution in [2.75, 3.05) is 0 Å². The molecule has 0 saturated carbocycles. The van der Waals surface area contributed by atoms with Crippen LogP contribution in [0.15, 0.2) is 24.3 Å². The third kappa shape index (κ3) is 3.19. The van der Waals surface area contributed by atoms with Crippen LogP contribution in [0, 0.1) is 6.07 Å². The van der Waals surface area contributed by atoms with Gasteiger partial charge in [0.05, 0.1) is 5.60 Å². The maximum atomic E-state index is 9.46. The zero-order valence-electron chi connectivity index (χ0n) is 6.96. The maximum Gasteiger partial charge on any atom is 0.0631 e. The van der Waals surface area contributed by atoms with Gasteiger partial charge in [0, 0.05) is 6.42 Å². The Morgan fingerprint density at radius 3 is 2.36 bits per heavy atom. The van der Waals surface area contributed by atoms with Crippen LogP contribution in [0.25, 0.3) is 0 Å². The molecule has 0 bridgehead atoms. The fraction of sp³-hybridized carbons (Fsp3) is 0.400. The lowest BCUT2D eigenvalue weighted by molar-refractivity contribution is 0.0810. The Hall–Kier alpha value is -0.820. The van der Waals surface area contributed by atoms with Gasteiger partial charge in [0.25, 0.3) is 0 Å². The van der Waals surface area contributed by atoms with Gasteiger partial charge in [-0.05, 0) is 25.5 Å². The molecule has 0 aromatic heterocycles. The average Bonchev–Trinajstić information content (AvgIpc) is 1.85. The SMILES string of the molecule is CC(C)(O)Cc1cc[c]cc1. The van der Waals surface area contributed by atoms with Gasteiger partial charge in [-0.2, -0.15) is 0 Å². The van der Waals surface area contributed by atoms with E-state index in [0.29, 0.717) is 6.42 Å². The second-order valence-electron chi connectivity index (χ2n) is 3.40. The van der Waals surface area contributed by atoms with Gasteiger partial charge in [0.1, 0.15) is 0 Å². The topological polar surface area (TPSA) is 20.2 Å². The van der Waals surface area contributed by atoms with Gasteiger partial charge in [-0.3, -0.25) is 0 Å². The third-order valence-electron chi connectivity index (χ3n) is 1.42. The Labute approximate surface area is 67.7 Å². The van der Waals surface area contributed by atoms with Crippen molar-refractivity contribution in [1.82, 2.24) is 0 Å². The molecule has 0 saturated heterocycles. The molecule has 0 amide bonds. The van der Waals surface area contributed by atoms with Crippen LogP contribution in [0.5, 0.6) is 0 Å². The molecule has 0 unspecified atom stereocenters. The lowest BCUT2D eigenvalue weighted by atomic mass is 9.99. The highest BCUT2D eigenvalue weighted by atomic mass is 16.3. The van der Waals surface area contributed by atoms with E-state index in [4.69, 9.17) is 0 Å². The summed E-state index contributed by atoms with van der Waals surface area (Å²) in [5.41, 5.74) is 0.540. The minimum Gasteiger partial charge on any atom is -0.390 e. The van der Waals surface area contributed by atoms with Gasteiger partial charge in [-0.15, -0.1) is 0 Å². The van der Waals surface area contributed by atoms with Gasteiger partial charge in [0.2, 0.25) is 0 Å². The highest BCUT2D eigenvalue weighted by molar-refractivity contribution is 5.15. The van der Waals surface area contributed by atoms with Crippen molar-refractivity contribution < 1.29 is 5.11 Å². The van der Waals surface area contributed by atoms with Crippen LogP contribution in [0.4, 0.5) is 0 Å². The summed E-state index contributed by atoms with van der Waals surface area (Å²) < 4.78 is 0. The first kappa shape index (κ1) is 8.28. The lowest BCUT2D eigenvalue weighted by Gasteiger charge is -2.16. The highest BCUT2D eigenvalue weighted by Gasteiger charge is 2.12. The monoisotopic (exact) mass is 149 g/mol. The van der Waals surface area contributed by atoms with Crippen molar-refractivity contribution in [1.29, 1.82) is 0 Å². The zero-order valence-corrected chi connectivity index (χ0v) is 6.96.